The van der Waals surface area contributed by atoms with E-state index in [0.717, 1.165) is 10.6 Å². The van der Waals surface area contributed by atoms with Gasteiger partial charge in [0.05, 0.1) is 13.0 Å². The van der Waals surface area contributed by atoms with Gasteiger partial charge in [0.2, 0.25) is 16.9 Å². The fourth-order valence-corrected chi connectivity index (χ4v) is 3.54. The number of carbonyl (C=O) groups is 4. The number of aromatic nitrogens is 2. The number of anilines is 1. The lowest BCUT2D eigenvalue weighted by Gasteiger charge is -2.12. The topological polar surface area (TPSA) is 139 Å². The number of rotatable bonds is 6. The van der Waals surface area contributed by atoms with Crippen molar-refractivity contribution in [2.75, 3.05) is 25.1 Å². The summed E-state index contributed by atoms with van der Waals surface area (Å²) < 4.78 is 4.48. The highest BCUT2D eigenvalue weighted by Crippen LogP contribution is 2.28. The van der Waals surface area contributed by atoms with Crippen LogP contribution in [0.5, 0.6) is 0 Å². The number of benzene rings is 1. The Morgan fingerprint density at radius 1 is 1.34 bits per heavy atom. The van der Waals surface area contributed by atoms with Crippen LogP contribution in [0.4, 0.5) is 5.13 Å². The van der Waals surface area contributed by atoms with Crippen molar-refractivity contribution < 1.29 is 29.0 Å². The normalized spacial score (nSPS) is 15.3. The van der Waals surface area contributed by atoms with Gasteiger partial charge in [0, 0.05) is 19.4 Å². The Morgan fingerprint density at radius 2 is 2.03 bits per heavy atom. The first-order chi connectivity index (χ1) is 14.0. The molecule has 10 nitrogen and oxygen atoms in total. The molecule has 1 aliphatic heterocycles. The van der Waals surface area contributed by atoms with E-state index >= 15 is 0 Å². The number of carboxylic acid groups (broad SMARTS) is 1. The molecule has 0 bridgehead atoms. The number of hydrogen-bond donors (Lipinski definition) is 2. The van der Waals surface area contributed by atoms with Crippen LogP contribution in [0, 0.1) is 5.92 Å². The molecule has 1 aromatic heterocycles. The lowest BCUT2D eigenvalue weighted by molar-refractivity contribution is -0.141. The van der Waals surface area contributed by atoms with Crippen molar-refractivity contribution in [3.8, 4) is 0 Å². The van der Waals surface area contributed by atoms with Crippen LogP contribution >= 0.6 is 11.3 Å². The second-order valence-corrected chi connectivity index (χ2v) is 6.99. The van der Waals surface area contributed by atoms with E-state index in [0.29, 0.717) is 11.6 Å². The molecule has 29 heavy (non-hydrogen) atoms. The van der Waals surface area contributed by atoms with Crippen molar-refractivity contribution in [1.82, 2.24) is 15.5 Å². The number of esters is 1. The third-order valence-electron chi connectivity index (χ3n) is 4.02. The highest BCUT2D eigenvalue weighted by atomic mass is 32.1. The number of nitrogens with zero attached hydrogens (tertiary/aromatic N) is 3. The molecule has 1 aliphatic rings. The first-order valence-corrected chi connectivity index (χ1v) is 9.39. The lowest BCUT2D eigenvalue weighted by atomic mass is 10.1. The first kappa shape index (κ1) is 22.0. The van der Waals surface area contributed by atoms with Crippen molar-refractivity contribution in [3.63, 3.8) is 0 Å². The van der Waals surface area contributed by atoms with E-state index in [1.54, 1.807) is 0 Å². The van der Waals surface area contributed by atoms with Gasteiger partial charge in [-0.2, -0.15) is 0 Å². The number of hydrogen-bond acceptors (Lipinski definition) is 8. The Hall–Kier alpha value is -3.34. The highest BCUT2D eigenvalue weighted by Gasteiger charge is 2.36. The Bertz CT molecular complexity index is 857. The molecule has 0 spiro atoms. The summed E-state index contributed by atoms with van der Waals surface area (Å²) in [6, 6.07) is 9.87. The Kier molecular flexibility index (Phi) is 8.22. The minimum Gasteiger partial charge on any atom is -0.483 e. The zero-order chi connectivity index (χ0) is 21.2. The summed E-state index contributed by atoms with van der Waals surface area (Å²) in [5, 5.41) is 18.9. The van der Waals surface area contributed by atoms with E-state index < -0.39 is 11.9 Å². The molecular formula is C18H20N4O6S. The van der Waals surface area contributed by atoms with Crippen LogP contribution < -0.4 is 10.2 Å². The van der Waals surface area contributed by atoms with Crippen LogP contribution in [-0.2, 0) is 30.3 Å². The van der Waals surface area contributed by atoms with Crippen LogP contribution in [0.15, 0.2) is 30.3 Å². The van der Waals surface area contributed by atoms with Crippen molar-refractivity contribution in [1.29, 1.82) is 0 Å². The van der Waals surface area contributed by atoms with Gasteiger partial charge in [-0.15, -0.1) is 10.2 Å². The monoisotopic (exact) mass is 420 g/mol. The summed E-state index contributed by atoms with van der Waals surface area (Å²) in [5.41, 5.74) is 1.11. The number of carbonyl (C=O) groups excluding carboxylic acids is 3. The van der Waals surface area contributed by atoms with Gasteiger partial charge in [-0.05, 0) is 5.56 Å². The summed E-state index contributed by atoms with van der Waals surface area (Å²) in [7, 11) is 1.25. The molecule has 3 rings (SSSR count). The molecule has 1 aromatic carbocycles. The zero-order valence-electron chi connectivity index (χ0n) is 15.6. The predicted molar refractivity (Wildman–Crippen MR) is 103 cm³/mol. The Balaban J connectivity index is 0.000000941. The molecule has 2 aromatic rings. The Morgan fingerprint density at radius 3 is 2.69 bits per heavy atom. The maximum atomic E-state index is 12.2. The van der Waals surface area contributed by atoms with Crippen molar-refractivity contribution >= 4 is 40.7 Å². The first-order valence-electron chi connectivity index (χ1n) is 8.57. The van der Waals surface area contributed by atoms with E-state index in [-0.39, 0.29) is 37.8 Å². The van der Waals surface area contributed by atoms with Crippen LogP contribution in [0.3, 0.4) is 0 Å². The standard InChI is InChI=1S/C17H18N4O4S.CH2O2/c1-25-15(23)9-18-16(24)12-8-14(22)21(10-12)17-20-19-13(26-17)7-11-5-3-2-4-6-11;2-1-3/h2-6,12H,7-10H2,1H3,(H,18,24);1H,(H,2,3). The quantitative estimate of drug-likeness (QED) is 0.508. The maximum absolute atomic E-state index is 12.2. The highest BCUT2D eigenvalue weighted by molar-refractivity contribution is 7.15. The third-order valence-corrected chi connectivity index (χ3v) is 4.96. The largest absolute Gasteiger partial charge is 0.483 e. The summed E-state index contributed by atoms with van der Waals surface area (Å²) in [6.07, 6.45) is 0.726. The maximum Gasteiger partial charge on any atom is 0.325 e. The van der Waals surface area contributed by atoms with Gasteiger partial charge in [0.15, 0.2) is 0 Å². The molecule has 1 atom stereocenters. The van der Waals surface area contributed by atoms with E-state index in [2.05, 4.69) is 20.3 Å². The summed E-state index contributed by atoms with van der Waals surface area (Å²) in [5.74, 6) is -1.58. The molecule has 1 saturated heterocycles. The van der Waals surface area contributed by atoms with E-state index in [4.69, 9.17) is 9.90 Å². The SMILES string of the molecule is COC(=O)CNC(=O)C1CC(=O)N(c2nnc(Cc3ccccc3)s2)C1.O=CO. The molecule has 11 heteroatoms. The van der Waals surface area contributed by atoms with Gasteiger partial charge in [-0.25, -0.2) is 0 Å². The van der Waals surface area contributed by atoms with Gasteiger partial charge in [-0.3, -0.25) is 24.1 Å². The van der Waals surface area contributed by atoms with Crippen molar-refractivity contribution in [3.05, 3.63) is 40.9 Å². The average molecular weight is 420 g/mol. The van der Waals surface area contributed by atoms with Crippen molar-refractivity contribution in [2.24, 2.45) is 5.92 Å². The minimum atomic E-state index is -0.533. The number of nitrogens with one attached hydrogen (secondary N) is 1. The number of amides is 2. The van der Waals surface area contributed by atoms with Crippen LogP contribution in [-0.4, -0.2) is 59.8 Å². The third kappa shape index (κ3) is 6.35. The lowest BCUT2D eigenvalue weighted by Crippen LogP contribution is -2.36. The predicted octanol–water partition coefficient (Wildman–Crippen LogP) is 0.472. The van der Waals surface area contributed by atoms with E-state index in [1.165, 1.54) is 23.3 Å². The van der Waals surface area contributed by atoms with Gasteiger partial charge >= 0.3 is 5.97 Å². The van der Waals surface area contributed by atoms with Gasteiger partial charge in [-0.1, -0.05) is 41.7 Å². The summed E-state index contributed by atoms with van der Waals surface area (Å²) in [4.78, 5) is 45.3. The molecule has 2 heterocycles. The van der Waals surface area contributed by atoms with Crippen molar-refractivity contribution in [2.45, 2.75) is 12.8 Å². The minimum absolute atomic E-state index is 0.0839. The van der Waals surface area contributed by atoms with Crippen LogP contribution in [0.1, 0.15) is 17.0 Å². The molecule has 2 N–H and O–H groups in total. The molecular weight excluding hydrogens is 400 g/mol. The fourth-order valence-electron chi connectivity index (χ4n) is 2.64. The molecule has 1 unspecified atom stereocenters. The second-order valence-electron chi connectivity index (χ2n) is 5.95. The average Bonchev–Trinajstić information content (AvgIpc) is 3.33. The molecule has 0 radical (unpaired) electrons. The van der Waals surface area contributed by atoms with E-state index in [9.17, 15) is 14.4 Å². The van der Waals surface area contributed by atoms with Crippen LogP contribution in [0.25, 0.3) is 0 Å². The summed E-state index contributed by atoms with van der Waals surface area (Å²) in [6.45, 7) is -0.230. The number of ether oxygens (including phenoxy) is 1. The number of methoxy groups -OCH3 is 1. The van der Waals surface area contributed by atoms with Gasteiger partial charge in [0.1, 0.15) is 11.6 Å². The zero-order valence-corrected chi connectivity index (χ0v) is 16.4. The molecule has 0 saturated carbocycles. The van der Waals surface area contributed by atoms with Gasteiger partial charge in [0.25, 0.3) is 6.47 Å². The van der Waals surface area contributed by atoms with Gasteiger partial charge < -0.3 is 15.2 Å². The van der Waals surface area contributed by atoms with Crippen LogP contribution in [0.2, 0.25) is 0 Å². The molecule has 154 valence electrons. The molecule has 0 aliphatic carbocycles. The summed E-state index contributed by atoms with van der Waals surface area (Å²) >= 11 is 1.34. The molecule has 2 amide bonds. The second kappa shape index (κ2) is 10.9. The fraction of sp³-hybridized carbons (Fsp3) is 0.333. The Labute approximate surface area is 170 Å². The molecule has 1 fully saturated rings. The van der Waals surface area contributed by atoms with E-state index in [1.807, 2.05) is 30.3 Å². The smallest absolute Gasteiger partial charge is 0.325 e.